The lowest BCUT2D eigenvalue weighted by Gasteiger charge is -2.28. The molecule has 2 heterocycles. The van der Waals surface area contributed by atoms with Crippen LogP contribution in [0.3, 0.4) is 0 Å². The first-order valence-corrected chi connectivity index (χ1v) is 8.16. The van der Waals surface area contributed by atoms with Crippen LogP contribution >= 0.6 is 11.8 Å². The molecular formula is C15H20N2O3S. The Bertz CT molecular complexity index is 562. The van der Waals surface area contributed by atoms with Crippen molar-refractivity contribution in [3.8, 4) is 0 Å². The molecule has 1 amide bonds. The number of carbonyl (C=O) groups excluding carboxylic acids is 1. The van der Waals surface area contributed by atoms with E-state index in [1.54, 1.807) is 23.2 Å². The highest BCUT2D eigenvalue weighted by atomic mass is 32.2. The van der Waals surface area contributed by atoms with Crippen molar-refractivity contribution in [1.82, 2.24) is 9.88 Å². The summed E-state index contributed by atoms with van der Waals surface area (Å²) in [5.41, 5.74) is -0.285. The molecular weight excluding hydrogens is 288 g/mol. The summed E-state index contributed by atoms with van der Waals surface area (Å²) in [5.74, 6) is -0.956. The zero-order chi connectivity index (χ0) is 15.6. The Kier molecular flexibility index (Phi) is 4.56. The van der Waals surface area contributed by atoms with Gasteiger partial charge in [-0.2, -0.15) is 0 Å². The molecule has 114 valence electrons. The molecule has 5 nitrogen and oxygen atoms in total. The summed E-state index contributed by atoms with van der Waals surface area (Å²) in [6.07, 6.45) is 4.03. The molecule has 0 aliphatic carbocycles. The Hall–Kier alpha value is -1.56. The van der Waals surface area contributed by atoms with E-state index in [0.717, 1.165) is 0 Å². The van der Waals surface area contributed by atoms with E-state index in [0.29, 0.717) is 23.6 Å². The topological polar surface area (TPSA) is 70.5 Å². The highest BCUT2D eigenvalue weighted by Crippen LogP contribution is 2.39. The molecule has 0 spiro atoms. The Morgan fingerprint density at radius 3 is 2.71 bits per heavy atom. The molecule has 1 aromatic heterocycles. The molecule has 1 N–H and O–H groups in total. The maximum atomic E-state index is 12.6. The molecule has 6 heteroatoms. The minimum Gasteiger partial charge on any atom is -0.481 e. The number of thioether (sulfide) groups is 1. The van der Waals surface area contributed by atoms with E-state index in [2.05, 4.69) is 4.98 Å². The molecule has 1 fully saturated rings. The summed E-state index contributed by atoms with van der Waals surface area (Å²) in [5, 5.41) is 10.2. The molecule has 0 bridgehead atoms. The van der Waals surface area contributed by atoms with E-state index in [1.165, 1.54) is 11.8 Å². The molecule has 1 aliphatic rings. The van der Waals surface area contributed by atoms with Gasteiger partial charge >= 0.3 is 5.97 Å². The molecule has 1 atom stereocenters. The van der Waals surface area contributed by atoms with Crippen LogP contribution < -0.4 is 0 Å². The number of hydrogen-bond donors (Lipinski definition) is 1. The average molecular weight is 308 g/mol. The number of amides is 1. The summed E-state index contributed by atoms with van der Waals surface area (Å²) in [7, 11) is 0. The van der Waals surface area contributed by atoms with Crippen molar-refractivity contribution >= 4 is 23.6 Å². The molecule has 21 heavy (non-hydrogen) atoms. The van der Waals surface area contributed by atoms with E-state index >= 15 is 0 Å². The first-order chi connectivity index (χ1) is 9.92. The van der Waals surface area contributed by atoms with Gasteiger partial charge in [0.15, 0.2) is 0 Å². The van der Waals surface area contributed by atoms with Gasteiger partial charge in [0.25, 0.3) is 5.91 Å². The summed E-state index contributed by atoms with van der Waals surface area (Å²) in [6, 6.07) is 3.48. The SMILES string of the molecule is CSc1ncccc1C(=O)N1CCC(C(=O)O)(C(C)C)C1. The molecule has 0 aromatic carbocycles. The van der Waals surface area contributed by atoms with Crippen LogP contribution in [0.1, 0.15) is 30.6 Å². The third-order valence-electron chi connectivity index (χ3n) is 4.31. The highest BCUT2D eigenvalue weighted by Gasteiger charge is 2.48. The summed E-state index contributed by atoms with van der Waals surface area (Å²) in [4.78, 5) is 30.1. The van der Waals surface area contributed by atoms with E-state index in [4.69, 9.17) is 0 Å². The number of carboxylic acid groups (broad SMARTS) is 1. The van der Waals surface area contributed by atoms with Crippen molar-refractivity contribution in [2.75, 3.05) is 19.3 Å². The van der Waals surface area contributed by atoms with Crippen molar-refractivity contribution in [2.45, 2.75) is 25.3 Å². The second kappa shape index (κ2) is 6.05. The first-order valence-electron chi connectivity index (χ1n) is 6.94. The normalized spacial score (nSPS) is 21.8. The van der Waals surface area contributed by atoms with Crippen molar-refractivity contribution in [3.05, 3.63) is 23.9 Å². The minimum absolute atomic E-state index is 0.0123. The lowest BCUT2D eigenvalue weighted by atomic mass is 9.76. The van der Waals surface area contributed by atoms with E-state index in [9.17, 15) is 14.7 Å². The van der Waals surface area contributed by atoms with Gasteiger partial charge in [-0.05, 0) is 30.7 Å². The number of pyridine rings is 1. The van der Waals surface area contributed by atoms with Crippen molar-refractivity contribution in [1.29, 1.82) is 0 Å². The van der Waals surface area contributed by atoms with Crippen molar-refractivity contribution in [3.63, 3.8) is 0 Å². The minimum atomic E-state index is -0.836. The Labute approximate surface area is 128 Å². The average Bonchev–Trinajstić information content (AvgIpc) is 2.93. The maximum absolute atomic E-state index is 12.6. The number of carboxylic acids is 1. The predicted octanol–water partition coefficient (Wildman–Crippen LogP) is 2.38. The molecule has 1 unspecified atom stereocenters. The number of carbonyl (C=O) groups is 2. The fourth-order valence-electron chi connectivity index (χ4n) is 2.79. The number of aromatic nitrogens is 1. The van der Waals surface area contributed by atoms with Gasteiger partial charge in [0.1, 0.15) is 5.03 Å². The lowest BCUT2D eigenvalue weighted by molar-refractivity contribution is -0.150. The van der Waals surface area contributed by atoms with Gasteiger partial charge in [0, 0.05) is 19.3 Å². The van der Waals surface area contributed by atoms with Crippen LogP contribution in [0.15, 0.2) is 23.4 Å². The molecule has 1 saturated heterocycles. The fourth-order valence-corrected chi connectivity index (χ4v) is 3.33. The first kappa shape index (κ1) is 15.8. The van der Waals surface area contributed by atoms with Crippen LogP contribution in [0.25, 0.3) is 0 Å². The quantitative estimate of drug-likeness (QED) is 0.865. The third-order valence-corrected chi connectivity index (χ3v) is 5.03. The number of likely N-dealkylation sites (tertiary alicyclic amines) is 1. The third kappa shape index (κ3) is 2.77. The summed E-state index contributed by atoms with van der Waals surface area (Å²) in [6.45, 7) is 4.55. The monoisotopic (exact) mass is 308 g/mol. The zero-order valence-corrected chi connectivity index (χ0v) is 13.3. The van der Waals surface area contributed by atoms with Gasteiger partial charge in [-0.3, -0.25) is 9.59 Å². The van der Waals surface area contributed by atoms with Gasteiger partial charge in [0.05, 0.1) is 11.0 Å². The van der Waals surface area contributed by atoms with Gasteiger partial charge in [-0.15, -0.1) is 11.8 Å². The molecule has 1 aromatic rings. The molecule has 1 aliphatic heterocycles. The fraction of sp³-hybridized carbons (Fsp3) is 0.533. The molecule has 0 radical (unpaired) electrons. The van der Waals surface area contributed by atoms with Crippen molar-refractivity contribution in [2.24, 2.45) is 11.3 Å². The highest BCUT2D eigenvalue weighted by molar-refractivity contribution is 7.98. The van der Waals surface area contributed by atoms with Crippen LogP contribution in [0.4, 0.5) is 0 Å². The molecule has 2 rings (SSSR count). The van der Waals surface area contributed by atoms with Gasteiger partial charge in [-0.25, -0.2) is 4.98 Å². The predicted molar refractivity (Wildman–Crippen MR) is 81.4 cm³/mol. The largest absolute Gasteiger partial charge is 0.481 e. The number of aliphatic carboxylic acids is 1. The molecule has 0 saturated carbocycles. The lowest BCUT2D eigenvalue weighted by Crippen LogP contribution is -2.40. The standard InChI is InChI=1S/C15H20N2O3S/c1-10(2)15(14(19)20)6-8-17(9-15)13(18)11-5-4-7-16-12(11)21-3/h4-5,7,10H,6,8-9H2,1-3H3,(H,19,20). The summed E-state index contributed by atoms with van der Waals surface area (Å²) >= 11 is 1.42. The number of nitrogens with zero attached hydrogens (tertiary/aromatic N) is 2. The Morgan fingerprint density at radius 2 is 2.19 bits per heavy atom. The second-order valence-electron chi connectivity index (χ2n) is 5.65. The van der Waals surface area contributed by atoms with Crippen molar-refractivity contribution < 1.29 is 14.7 Å². The van der Waals surface area contributed by atoms with Gasteiger partial charge in [0.2, 0.25) is 0 Å². The van der Waals surface area contributed by atoms with Crippen LogP contribution in [0, 0.1) is 11.3 Å². The number of hydrogen-bond acceptors (Lipinski definition) is 4. The van der Waals surface area contributed by atoms with Gasteiger partial charge in [-0.1, -0.05) is 13.8 Å². The smallest absolute Gasteiger partial charge is 0.311 e. The van der Waals surface area contributed by atoms with Crippen LogP contribution in [-0.4, -0.2) is 46.2 Å². The van der Waals surface area contributed by atoms with E-state index in [1.807, 2.05) is 20.1 Å². The van der Waals surface area contributed by atoms with Crippen LogP contribution in [0.5, 0.6) is 0 Å². The van der Waals surface area contributed by atoms with E-state index < -0.39 is 11.4 Å². The zero-order valence-electron chi connectivity index (χ0n) is 12.5. The summed E-state index contributed by atoms with van der Waals surface area (Å²) < 4.78 is 0. The van der Waals surface area contributed by atoms with Crippen LogP contribution in [0.2, 0.25) is 0 Å². The van der Waals surface area contributed by atoms with E-state index in [-0.39, 0.29) is 18.4 Å². The Morgan fingerprint density at radius 1 is 1.48 bits per heavy atom. The maximum Gasteiger partial charge on any atom is 0.311 e. The van der Waals surface area contributed by atoms with Gasteiger partial charge < -0.3 is 10.0 Å². The Balaban J connectivity index is 2.25. The second-order valence-corrected chi connectivity index (χ2v) is 6.45. The number of rotatable bonds is 4. The van der Waals surface area contributed by atoms with Crippen LogP contribution in [-0.2, 0) is 4.79 Å².